The predicted octanol–water partition coefficient (Wildman–Crippen LogP) is 4.45. The van der Waals surface area contributed by atoms with Crippen molar-refractivity contribution in [1.82, 2.24) is 0 Å². The number of benzene rings is 3. The number of nitrogens with one attached hydrogen (secondary N) is 1. The van der Waals surface area contributed by atoms with Crippen LogP contribution in [0.15, 0.2) is 106 Å². The van der Waals surface area contributed by atoms with E-state index in [1.807, 2.05) is 66.7 Å². The molecule has 0 aromatic heterocycles. The second kappa shape index (κ2) is 8.23. The monoisotopic (exact) mass is 352 g/mol. The summed E-state index contributed by atoms with van der Waals surface area (Å²) >= 11 is 0. The lowest BCUT2D eigenvalue weighted by Gasteiger charge is -2.12. The fourth-order valence-electron chi connectivity index (χ4n) is 2.97. The number of nitrogens with zero attached hydrogens (tertiary/aromatic N) is 3. The van der Waals surface area contributed by atoms with Crippen molar-refractivity contribution in [3.8, 4) is 0 Å². The number of aliphatic imine (C=N–C) groups is 2. The number of para-hydroxylation sites is 1. The Hall–Kier alpha value is -3.53. The van der Waals surface area contributed by atoms with E-state index in [-0.39, 0.29) is 0 Å². The zero-order valence-electron chi connectivity index (χ0n) is 14.9. The fourth-order valence-corrected chi connectivity index (χ4v) is 2.97. The number of hydrogen-bond donors (Lipinski definition) is 1. The van der Waals surface area contributed by atoms with E-state index in [2.05, 4.69) is 29.7 Å². The predicted molar refractivity (Wildman–Crippen MR) is 113 cm³/mol. The van der Waals surface area contributed by atoms with Gasteiger partial charge in [0.25, 0.3) is 0 Å². The van der Waals surface area contributed by atoms with Crippen LogP contribution < -0.4 is 5.43 Å². The molecule has 132 valence electrons. The van der Waals surface area contributed by atoms with Gasteiger partial charge < -0.3 is 0 Å². The number of hydrazone groups is 1. The van der Waals surface area contributed by atoms with Gasteiger partial charge in [-0.1, -0.05) is 78.9 Å². The molecule has 3 aromatic carbocycles. The van der Waals surface area contributed by atoms with Crippen molar-refractivity contribution in [2.75, 3.05) is 18.5 Å². The third-order valence-electron chi connectivity index (χ3n) is 4.25. The van der Waals surface area contributed by atoms with Crippen LogP contribution in [0.25, 0.3) is 0 Å². The quantitative estimate of drug-likeness (QED) is 0.693. The van der Waals surface area contributed by atoms with Gasteiger partial charge >= 0.3 is 0 Å². The van der Waals surface area contributed by atoms with Crippen molar-refractivity contribution in [3.63, 3.8) is 0 Å². The summed E-state index contributed by atoms with van der Waals surface area (Å²) in [6.07, 6.45) is 0. The summed E-state index contributed by atoms with van der Waals surface area (Å²) in [6, 6.07) is 30.2. The van der Waals surface area contributed by atoms with Crippen LogP contribution in [0.3, 0.4) is 0 Å². The van der Waals surface area contributed by atoms with Gasteiger partial charge in [0.15, 0.2) is 0 Å². The molecule has 1 aliphatic rings. The van der Waals surface area contributed by atoms with Crippen molar-refractivity contribution in [2.24, 2.45) is 15.1 Å². The minimum absolute atomic E-state index is 0.644. The molecule has 0 fully saturated rings. The highest BCUT2D eigenvalue weighted by molar-refractivity contribution is 6.74. The number of rotatable bonds is 4. The van der Waals surface area contributed by atoms with Crippen LogP contribution in [0.5, 0.6) is 0 Å². The summed E-state index contributed by atoms with van der Waals surface area (Å²) in [4.78, 5) is 9.59. The minimum atomic E-state index is 0.644. The zero-order valence-corrected chi connectivity index (χ0v) is 14.9. The highest BCUT2D eigenvalue weighted by Crippen LogP contribution is 2.14. The highest BCUT2D eigenvalue weighted by atomic mass is 15.3. The lowest BCUT2D eigenvalue weighted by atomic mass is 9.98. The van der Waals surface area contributed by atoms with Crippen molar-refractivity contribution >= 4 is 22.8 Å². The normalized spacial score (nSPS) is 14.0. The molecule has 0 spiro atoms. The summed E-state index contributed by atoms with van der Waals surface area (Å²) in [7, 11) is 0. The second-order valence-electron chi connectivity index (χ2n) is 6.13. The summed E-state index contributed by atoms with van der Waals surface area (Å²) in [5.41, 5.74) is 8.65. The Morgan fingerprint density at radius 2 is 1.04 bits per heavy atom. The first-order valence-corrected chi connectivity index (χ1v) is 9.01. The molecule has 4 heteroatoms. The highest BCUT2D eigenvalue weighted by Gasteiger charge is 2.21. The molecule has 4 rings (SSSR count). The maximum absolute atomic E-state index is 4.79. The molecule has 0 unspecified atom stereocenters. The molecule has 27 heavy (non-hydrogen) atoms. The van der Waals surface area contributed by atoms with Gasteiger partial charge in [0.1, 0.15) is 5.71 Å². The maximum atomic E-state index is 4.79. The van der Waals surface area contributed by atoms with Gasteiger partial charge in [-0.3, -0.25) is 15.4 Å². The van der Waals surface area contributed by atoms with Gasteiger partial charge in [0.05, 0.1) is 30.2 Å². The molecule has 0 atom stereocenters. The van der Waals surface area contributed by atoms with Gasteiger partial charge in [0.2, 0.25) is 0 Å². The van der Waals surface area contributed by atoms with Crippen LogP contribution in [-0.4, -0.2) is 30.2 Å². The molecular weight excluding hydrogens is 332 g/mol. The van der Waals surface area contributed by atoms with Gasteiger partial charge in [-0.05, 0) is 12.1 Å². The molecule has 4 nitrogen and oxygen atoms in total. The molecule has 0 radical (unpaired) electrons. The van der Waals surface area contributed by atoms with Crippen LogP contribution in [0.1, 0.15) is 11.1 Å². The third-order valence-corrected chi connectivity index (χ3v) is 4.25. The molecular formula is C23H20N4. The summed E-state index contributed by atoms with van der Waals surface area (Å²) in [5.74, 6) is 0. The molecule has 0 amide bonds. The number of anilines is 1. The molecule has 0 saturated heterocycles. The summed E-state index contributed by atoms with van der Waals surface area (Å²) in [5, 5.41) is 4.73. The van der Waals surface area contributed by atoms with Gasteiger partial charge in [0, 0.05) is 11.1 Å². The molecule has 1 heterocycles. The van der Waals surface area contributed by atoms with Crippen LogP contribution in [0.2, 0.25) is 0 Å². The first-order chi connectivity index (χ1) is 13.4. The molecule has 0 bridgehead atoms. The topological polar surface area (TPSA) is 49.1 Å². The Morgan fingerprint density at radius 1 is 0.593 bits per heavy atom. The van der Waals surface area contributed by atoms with E-state index in [1.165, 1.54) is 0 Å². The molecule has 0 aliphatic carbocycles. The van der Waals surface area contributed by atoms with Crippen LogP contribution >= 0.6 is 0 Å². The van der Waals surface area contributed by atoms with Crippen LogP contribution in [0, 0.1) is 0 Å². The average Bonchev–Trinajstić information content (AvgIpc) is 2.97. The van der Waals surface area contributed by atoms with E-state index < -0.39 is 0 Å². The Labute approximate surface area is 159 Å². The largest absolute Gasteiger partial charge is 0.280 e. The Bertz CT molecular complexity index is 915. The van der Waals surface area contributed by atoms with E-state index in [1.54, 1.807) is 0 Å². The van der Waals surface area contributed by atoms with E-state index in [0.717, 1.165) is 33.9 Å². The van der Waals surface area contributed by atoms with Crippen LogP contribution in [-0.2, 0) is 0 Å². The van der Waals surface area contributed by atoms with Crippen molar-refractivity contribution in [1.29, 1.82) is 0 Å². The van der Waals surface area contributed by atoms with Crippen molar-refractivity contribution in [3.05, 3.63) is 102 Å². The molecule has 0 saturated carbocycles. The van der Waals surface area contributed by atoms with Gasteiger partial charge in [-0.25, -0.2) is 0 Å². The van der Waals surface area contributed by atoms with Crippen molar-refractivity contribution < 1.29 is 0 Å². The Balaban J connectivity index is 1.80. The number of hydrogen-bond acceptors (Lipinski definition) is 4. The maximum Gasteiger partial charge on any atom is 0.135 e. The van der Waals surface area contributed by atoms with Crippen LogP contribution in [0.4, 0.5) is 5.69 Å². The van der Waals surface area contributed by atoms with Gasteiger partial charge in [-0.2, -0.15) is 5.10 Å². The standard InChI is InChI=1S/C23H20N4/c1-4-10-18(11-5-1)21-23(27-26-20-14-8-3-9-15-20)22(25-17-16-24-21)19-12-6-2-7-13-19/h1-15,26H,16-17H2. The van der Waals surface area contributed by atoms with E-state index >= 15 is 0 Å². The molecule has 1 N–H and O–H groups in total. The fraction of sp³-hybridized carbons (Fsp3) is 0.0870. The first-order valence-electron chi connectivity index (χ1n) is 9.01. The van der Waals surface area contributed by atoms with E-state index in [9.17, 15) is 0 Å². The van der Waals surface area contributed by atoms with Crippen molar-refractivity contribution in [2.45, 2.75) is 0 Å². The van der Waals surface area contributed by atoms with E-state index in [0.29, 0.717) is 13.1 Å². The molecule has 3 aromatic rings. The lowest BCUT2D eigenvalue weighted by molar-refractivity contribution is 0.985. The smallest absolute Gasteiger partial charge is 0.135 e. The lowest BCUT2D eigenvalue weighted by Crippen LogP contribution is -2.27. The first kappa shape index (κ1) is 16.9. The summed E-state index contributed by atoms with van der Waals surface area (Å²) < 4.78 is 0. The average molecular weight is 352 g/mol. The molecule has 1 aliphatic heterocycles. The zero-order chi connectivity index (χ0) is 18.3. The second-order valence-corrected chi connectivity index (χ2v) is 6.13. The SMILES string of the molecule is c1ccc(NN=C2C(c3ccccc3)=NCCN=C2c2ccccc2)cc1. The Kier molecular flexibility index (Phi) is 5.16. The third kappa shape index (κ3) is 4.01. The van der Waals surface area contributed by atoms with E-state index in [4.69, 9.17) is 15.1 Å². The van der Waals surface area contributed by atoms with Gasteiger partial charge in [-0.15, -0.1) is 0 Å². The minimum Gasteiger partial charge on any atom is -0.280 e. The summed E-state index contributed by atoms with van der Waals surface area (Å²) in [6.45, 7) is 1.29. The Morgan fingerprint density at radius 3 is 1.52 bits per heavy atom.